The van der Waals surface area contributed by atoms with Gasteiger partial charge in [-0.05, 0) is 42.8 Å². The molecule has 0 aliphatic heterocycles. The van der Waals surface area contributed by atoms with Gasteiger partial charge in [0.2, 0.25) is 0 Å². The van der Waals surface area contributed by atoms with E-state index in [4.69, 9.17) is 27.9 Å². The molecule has 0 bridgehead atoms. The van der Waals surface area contributed by atoms with Gasteiger partial charge in [0.15, 0.2) is 0 Å². The number of hydrogen-bond acceptors (Lipinski definition) is 4. The van der Waals surface area contributed by atoms with Crippen LogP contribution in [0, 0.1) is 18.3 Å². The van der Waals surface area contributed by atoms with Gasteiger partial charge in [0.05, 0.1) is 15.7 Å². The van der Waals surface area contributed by atoms with E-state index in [1.807, 2.05) is 12.1 Å². The molecule has 1 N–H and O–H groups in total. The fourth-order valence-corrected chi connectivity index (χ4v) is 2.77. The Morgan fingerprint density at radius 3 is 2.69 bits per heavy atom. The highest BCUT2D eigenvalue weighted by molar-refractivity contribution is 6.32. The van der Waals surface area contributed by atoms with E-state index in [0.717, 1.165) is 11.3 Å². The number of rotatable bonds is 4. The van der Waals surface area contributed by atoms with Gasteiger partial charge < -0.3 is 4.74 Å². The van der Waals surface area contributed by atoms with Crippen molar-refractivity contribution in [2.75, 3.05) is 0 Å². The topological polar surface area (TPSA) is 78.8 Å². The van der Waals surface area contributed by atoms with Crippen LogP contribution < -0.4 is 10.3 Å². The van der Waals surface area contributed by atoms with Crippen molar-refractivity contribution in [2.45, 2.75) is 13.3 Å². The molecule has 1 aromatic heterocycles. The van der Waals surface area contributed by atoms with E-state index in [-0.39, 0.29) is 11.1 Å². The van der Waals surface area contributed by atoms with Crippen molar-refractivity contribution in [3.63, 3.8) is 0 Å². The van der Waals surface area contributed by atoms with Crippen LogP contribution in [0.2, 0.25) is 10.0 Å². The third-order valence-electron chi connectivity index (χ3n) is 3.73. The number of nitrogens with one attached hydrogen (secondary N) is 1. The van der Waals surface area contributed by atoms with Gasteiger partial charge >= 0.3 is 0 Å². The summed E-state index contributed by atoms with van der Waals surface area (Å²) in [5, 5.41) is 16.5. The average Bonchev–Trinajstić information content (AvgIpc) is 2.61. The summed E-state index contributed by atoms with van der Waals surface area (Å²) in [4.78, 5) is 11.4. The maximum Gasteiger partial charge on any atom is 0.267 e. The normalized spacial score (nSPS) is 10.4. The smallest absolute Gasteiger partial charge is 0.267 e. The summed E-state index contributed by atoms with van der Waals surface area (Å²) >= 11 is 12.3. The van der Waals surface area contributed by atoms with Crippen molar-refractivity contribution in [2.24, 2.45) is 0 Å². The van der Waals surface area contributed by atoms with Crippen LogP contribution in [0.25, 0.3) is 0 Å². The van der Waals surface area contributed by atoms with Gasteiger partial charge in [0, 0.05) is 12.0 Å². The Morgan fingerprint density at radius 2 is 1.96 bits per heavy atom. The number of halogens is 2. The lowest BCUT2D eigenvalue weighted by Gasteiger charge is -2.11. The van der Waals surface area contributed by atoms with Crippen molar-refractivity contribution in [1.29, 1.82) is 5.26 Å². The highest BCUT2D eigenvalue weighted by Gasteiger charge is 2.12. The Bertz CT molecular complexity index is 1070. The summed E-state index contributed by atoms with van der Waals surface area (Å²) in [7, 11) is 0. The molecule has 0 atom stereocenters. The minimum absolute atomic E-state index is 0.209. The molecular weight excluding hydrogens is 373 g/mol. The first kappa shape index (κ1) is 18.0. The van der Waals surface area contributed by atoms with Crippen molar-refractivity contribution in [3.8, 4) is 17.6 Å². The van der Waals surface area contributed by atoms with Crippen LogP contribution in [0.1, 0.15) is 22.4 Å². The van der Waals surface area contributed by atoms with Gasteiger partial charge in [-0.15, -0.1) is 0 Å². The van der Waals surface area contributed by atoms with Gasteiger partial charge in [-0.1, -0.05) is 35.3 Å². The highest BCUT2D eigenvalue weighted by Crippen LogP contribution is 2.34. The largest absolute Gasteiger partial charge is 0.454 e. The zero-order valence-electron chi connectivity index (χ0n) is 13.7. The van der Waals surface area contributed by atoms with E-state index in [1.54, 1.807) is 43.3 Å². The molecule has 3 rings (SSSR count). The highest BCUT2D eigenvalue weighted by atomic mass is 35.5. The van der Waals surface area contributed by atoms with E-state index in [0.29, 0.717) is 33.5 Å². The summed E-state index contributed by atoms with van der Waals surface area (Å²) in [5.74, 6) is 0.737. The molecule has 2 aromatic carbocycles. The van der Waals surface area contributed by atoms with E-state index >= 15 is 0 Å². The number of hydrogen-bond donors (Lipinski definition) is 1. The van der Waals surface area contributed by atoms with Gasteiger partial charge in [-0.3, -0.25) is 4.79 Å². The lowest BCUT2D eigenvalue weighted by molar-refractivity contribution is 0.481. The Kier molecular flexibility index (Phi) is 5.27. The zero-order chi connectivity index (χ0) is 18.7. The Morgan fingerprint density at radius 1 is 1.15 bits per heavy atom. The van der Waals surface area contributed by atoms with Crippen LogP contribution in [-0.4, -0.2) is 10.2 Å². The predicted molar refractivity (Wildman–Crippen MR) is 100 cm³/mol. The van der Waals surface area contributed by atoms with Crippen molar-refractivity contribution < 1.29 is 4.74 Å². The zero-order valence-corrected chi connectivity index (χ0v) is 15.2. The first-order valence-corrected chi connectivity index (χ1v) is 8.43. The number of benzene rings is 2. The Labute approximate surface area is 159 Å². The fourth-order valence-electron chi connectivity index (χ4n) is 2.41. The molecule has 0 spiro atoms. The summed E-state index contributed by atoms with van der Waals surface area (Å²) in [6.07, 6.45) is 0.492. The molecule has 26 heavy (non-hydrogen) atoms. The molecule has 1 heterocycles. The second-order valence-electron chi connectivity index (χ2n) is 5.64. The van der Waals surface area contributed by atoms with Crippen LogP contribution in [-0.2, 0) is 6.42 Å². The second-order valence-corrected chi connectivity index (χ2v) is 6.45. The van der Waals surface area contributed by atoms with E-state index in [9.17, 15) is 10.1 Å². The molecule has 130 valence electrons. The molecule has 0 saturated heterocycles. The van der Waals surface area contributed by atoms with Crippen molar-refractivity contribution in [1.82, 2.24) is 10.2 Å². The number of H-pyrrole nitrogens is 1. The quantitative estimate of drug-likeness (QED) is 0.709. The Hall–Kier alpha value is -2.81. The average molecular weight is 386 g/mol. The van der Waals surface area contributed by atoms with E-state index in [1.165, 1.54) is 0 Å². The lowest BCUT2D eigenvalue weighted by atomic mass is 10.1. The summed E-state index contributed by atoms with van der Waals surface area (Å²) < 4.78 is 5.82. The van der Waals surface area contributed by atoms with E-state index < -0.39 is 0 Å². The number of nitrogens with zero attached hydrogens (tertiary/aromatic N) is 2. The van der Waals surface area contributed by atoms with E-state index in [2.05, 4.69) is 10.2 Å². The maximum absolute atomic E-state index is 11.4. The van der Waals surface area contributed by atoms with Crippen LogP contribution in [0.5, 0.6) is 11.5 Å². The summed E-state index contributed by atoms with van der Waals surface area (Å²) in [6, 6.07) is 14.1. The molecular formula is C19H13Cl2N3O2. The predicted octanol–water partition coefficient (Wildman–Crippen LogP) is 4.64. The van der Waals surface area contributed by atoms with Crippen LogP contribution in [0.3, 0.4) is 0 Å². The van der Waals surface area contributed by atoms with Crippen LogP contribution in [0.15, 0.2) is 47.3 Å². The first-order valence-electron chi connectivity index (χ1n) is 7.68. The van der Waals surface area contributed by atoms with Gasteiger partial charge in [-0.25, -0.2) is 5.10 Å². The minimum atomic E-state index is -0.209. The molecule has 3 aromatic rings. The monoisotopic (exact) mass is 385 g/mol. The molecule has 0 radical (unpaired) electrons. The first-order chi connectivity index (χ1) is 12.5. The molecule has 7 heteroatoms. The molecule has 0 amide bonds. The molecule has 0 aliphatic carbocycles. The van der Waals surface area contributed by atoms with Crippen molar-refractivity contribution >= 4 is 23.2 Å². The SMILES string of the molecule is Cc1cc(Cc2ccc(Cl)c(Oc3cccc(Cl)c3C#N)c2)n[nH]c1=O. The number of aromatic nitrogens is 2. The number of aryl methyl sites for hydroxylation is 1. The number of nitriles is 1. The maximum atomic E-state index is 11.4. The van der Waals surface area contributed by atoms with Gasteiger partial charge in [0.25, 0.3) is 5.56 Å². The van der Waals surface area contributed by atoms with Crippen LogP contribution in [0.4, 0.5) is 0 Å². The van der Waals surface area contributed by atoms with Crippen LogP contribution >= 0.6 is 23.2 Å². The summed E-state index contributed by atoms with van der Waals surface area (Å²) in [6.45, 7) is 1.73. The third-order valence-corrected chi connectivity index (χ3v) is 4.36. The van der Waals surface area contributed by atoms with Gasteiger partial charge in [-0.2, -0.15) is 10.4 Å². The van der Waals surface area contributed by atoms with Gasteiger partial charge in [0.1, 0.15) is 23.1 Å². The summed E-state index contributed by atoms with van der Waals surface area (Å²) in [5.41, 5.74) is 2.24. The Balaban J connectivity index is 1.91. The molecule has 0 saturated carbocycles. The minimum Gasteiger partial charge on any atom is -0.454 e. The molecule has 0 aliphatic rings. The number of aromatic amines is 1. The third kappa shape index (κ3) is 3.88. The number of ether oxygens (including phenoxy) is 1. The molecule has 5 nitrogen and oxygen atoms in total. The second kappa shape index (κ2) is 7.61. The fraction of sp³-hybridized carbons (Fsp3) is 0.105. The van der Waals surface area contributed by atoms with Crippen molar-refractivity contribution in [3.05, 3.63) is 85.2 Å². The molecule has 0 unspecified atom stereocenters. The lowest BCUT2D eigenvalue weighted by Crippen LogP contribution is -2.12. The standard InChI is InChI=1S/C19H13Cl2N3O2/c1-11-7-13(23-24-19(11)25)8-12-5-6-16(21)18(9-12)26-17-4-2-3-15(20)14(17)10-22/h2-7,9H,8H2,1H3,(H,24,25). The molecule has 0 fully saturated rings.